The Hall–Kier alpha value is -4.05. The zero-order valence-corrected chi connectivity index (χ0v) is 23.7. The smallest absolute Gasteiger partial charge is 0.287 e. The average Bonchev–Trinajstić information content (AvgIpc) is 3.50. The van der Waals surface area contributed by atoms with E-state index in [1.807, 2.05) is 36.4 Å². The molecule has 0 spiro atoms. The van der Waals surface area contributed by atoms with Gasteiger partial charge in [0.25, 0.3) is 5.91 Å². The lowest BCUT2D eigenvalue weighted by Crippen LogP contribution is -2.46. The quantitative estimate of drug-likeness (QED) is 0.209. The summed E-state index contributed by atoms with van der Waals surface area (Å²) in [6.45, 7) is 6.20. The van der Waals surface area contributed by atoms with Gasteiger partial charge in [-0.05, 0) is 55.0 Å². The van der Waals surface area contributed by atoms with E-state index in [2.05, 4.69) is 45.2 Å². The molecule has 0 unspecified atom stereocenters. The number of amides is 1. The summed E-state index contributed by atoms with van der Waals surface area (Å²) in [5, 5.41) is 3.61. The number of carbonyl (C=O) groups excluding carboxylic acids is 1. The number of furan rings is 1. The van der Waals surface area contributed by atoms with Gasteiger partial charge < -0.3 is 24.3 Å². The van der Waals surface area contributed by atoms with Gasteiger partial charge in [0, 0.05) is 68.5 Å². The first-order valence-corrected chi connectivity index (χ1v) is 14.5. The van der Waals surface area contributed by atoms with E-state index in [-0.39, 0.29) is 5.91 Å². The van der Waals surface area contributed by atoms with Gasteiger partial charge in [-0.1, -0.05) is 24.8 Å². The Labute approximate surface area is 239 Å². The van der Waals surface area contributed by atoms with Crippen molar-refractivity contribution in [1.82, 2.24) is 20.3 Å². The number of pyridine rings is 1. The van der Waals surface area contributed by atoms with Crippen molar-refractivity contribution in [2.24, 2.45) is 0 Å². The largest absolute Gasteiger partial charge is 0.497 e. The summed E-state index contributed by atoms with van der Waals surface area (Å²) in [5.74, 6) is 3.14. The molecule has 0 bridgehead atoms. The van der Waals surface area contributed by atoms with Crippen LogP contribution in [0.25, 0.3) is 0 Å². The molecule has 1 saturated heterocycles. The Morgan fingerprint density at radius 2 is 1.80 bits per heavy atom. The van der Waals surface area contributed by atoms with Gasteiger partial charge in [-0.15, -0.1) is 0 Å². The van der Waals surface area contributed by atoms with Crippen LogP contribution in [0.2, 0.25) is 0 Å². The lowest BCUT2D eigenvalue weighted by molar-refractivity contribution is 0.0925. The van der Waals surface area contributed by atoms with Crippen molar-refractivity contribution in [2.75, 3.05) is 49.6 Å². The molecule has 208 valence electrons. The number of carbonyl (C=O) groups is 1. The maximum atomic E-state index is 12.5. The van der Waals surface area contributed by atoms with Gasteiger partial charge in [0.15, 0.2) is 10.9 Å². The highest BCUT2D eigenvalue weighted by Gasteiger charge is 2.20. The molecule has 1 aromatic carbocycles. The van der Waals surface area contributed by atoms with Gasteiger partial charge in [0.05, 0.1) is 12.9 Å². The van der Waals surface area contributed by atoms with Crippen LogP contribution < -0.4 is 19.9 Å². The van der Waals surface area contributed by atoms with E-state index >= 15 is 0 Å². The molecule has 1 fully saturated rings. The van der Waals surface area contributed by atoms with Crippen molar-refractivity contribution in [3.05, 3.63) is 89.8 Å². The topological polar surface area (TPSA) is 96.6 Å². The van der Waals surface area contributed by atoms with Crippen molar-refractivity contribution in [3.8, 4) is 5.75 Å². The minimum Gasteiger partial charge on any atom is -0.497 e. The van der Waals surface area contributed by atoms with Gasteiger partial charge in [-0.2, -0.15) is 0 Å². The predicted molar refractivity (Wildman–Crippen MR) is 157 cm³/mol. The number of anilines is 2. The highest BCUT2D eigenvalue weighted by Crippen LogP contribution is 2.26. The molecule has 1 aliphatic rings. The average molecular weight is 559 g/mol. The summed E-state index contributed by atoms with van der Waals surface area (Å²) in [4.78, 5) is 31.1. The third-order valence-corrected chi connectivity index (χ3v) is 7.64. The van der Waals surface area contributed by atoms with Crippen LogP contribution in [-0.2, 0) is 18.6 Å². The highest BCUT2D eigenvalue weighted by atomic mass is 32.2. The second-order valence-corrected chi connectivity index (χ2v) is 10.3. The van der Waals surface area contributed by atoms with E-state index in [1.165, 1.54) is 17.4 Å². The fourth-order valence-electron chi connectivity index (χ4n) is 4.50. The van der Waals surface area contributed by atoms with Crippen LogP contribution in [0.3, 0.4) is 0 Å². The third-order valence-electron chi connectivity index (χ3n) is 6.77. The summed E-state index contributed by atoms with van der Waals surface area (Å²) in [6.07, 6.45) is 3.25. The number of hydrogen-bond donors (Lipinski definition) is 1. The zero-order chi connectivity index (χ0) is 27.7. The number of benzene rings is 1. The number of piperazine rings is 1. The van der Waals surface area contributed by atoms with E-state index in [9.17, 15) is 4.79 Å². The first-order chi connectivity index (χ1) is 19.6. The first kappa shape index (κ1) is 27.5. The predicted octanol–water partition coefficient (Wildman–Crippen LogP) is 4.63. The van der Waals surface area contributed by atoms with Gasteiger partial charge in [-0.25, -0.2) is 9.97 Å². The van der Waals surface area contributed by atoms with Crippen molar-refractivity contribution >= 4 is 29.2 Å². The van der Waals surface area contributed by atoms with Crippen molar-refractivity contribution in [3.63, 3.8) is 0 Å². The van der Waals surface area contributed by atoms with Crippen LogP contribution in [-0.4, -0.2) is 60.7 Å². The second kappa shape index (κ2) is 13.3. The number of nitrogens with one attached hydrogen (secondary N) is 1. The molecule has 9 nitrogen and oxygen atoms in total. The second-order valence-electron chi connectivity index (χ2n) is 9.41. The number of aryl methyl sites for hydroxylation is 1. The van der Waals surface area contributed by atoms with Gasteiger partial charge in [0.2, 0.25) is 0 Å². The van der Waals surface area contributed by atoms with Crippen molar-refractivity contribution in [2.45, 2.75) is 30.7 Å². The molecule has 0 saturated carbocycles. The SMILES string of the molecule is CCc1cc(N2CCN(c3ccc(OC)cc3)CC2)nc(SCc2ccc(C(=O)NCCc3ccccn3)o2)n1. The first-order valence-electron chi connectivity index (χ1n) is 13.5. The number of nitrogens with zero attached hydrogens (tertiary/aromatic N) is 5. The maximum absolute atomic E-state index is 12.5. The van der Waals surface area contributed by atoms with Crippen molar-refractivity contribution in [1.29, 1.82) is 0 Å². The van der Waals surface area contributed by atoms with Crippen LogP contribution in [0.4, 0.5) is 11.5 Å². The minimum atomic E-state index is -0.229. The number of ether oxygens (including phenoxy) is 1. The summed E-state index contributed by atoms with van der Waals surface area (Å²) in [7, 11) is 1.68. The highest BCUT2D eigenvalue weighted by molar-refractivity contribution is 7.98. The lowest BCUT2D eigenvalue weighted by Gasteiger charge is -2.37. The third kappa shape index (κ3) is 7.12. The monoisotopic (exact) mass is 558 g/mol. The molecular formula is C30H34N6O3S. The summed E-state index contributed by atoms with van der Waals surface area (Å²) >= 11 is 1.52. The van der Waals surface area contributed by atoms with Gasteiger partial charge >= 0.3 is 0 Å². The zero-order valence-electron chi connectivity index (χ0n) is 22.9. The van der Waals surface area contributed by atoms with Crippen LogP contribution >= 0.6 is 11.8 Å². The van der Waals surface area contributed by atoms with Crippen LogP contribution in [0, 0.1) is 0 Å². The van der Waals surface area contributed by atoms with Crippen LogP contribution in [0.15, 0.2) is 76.4 Å². The summed E-state index contributed by atoms with van der Waals surface area (Å²) in [6, 6.07) is 19.6. The lowest BCUT2D eigenvalue weighted by atomic mass is 10.2. The molecule has 1 amide bonds. The molecule has 4 aromatic rings. The molecule has 10 heteroatoms. The van der Waals surface area contributed by atoms with Gasteiger partial charge in [0.1, 0.15) is 17.3 Å². The fourth-order valence-corrected chi connectivity index (χ4v) is 5.27. The molecule has 4 heterocycles. The van der Waals surface area contributed by atoms with Crippen LogP contribution in [0.5, 0.6) is 5.75 Å². The Morgan fingerprint density at radius 3 is 2.52 bits per heavy atom. The van der Waals surface area contributed by atoms with E-state index in [0.717, 1.165) is 55.6 Å². The Morgan fingerprint density at radius 1 is 1.00 bits per heavy atom. The Kier molecular flexibility index (Phi) is 9.18. The van der Waals surface area contributed by atoms with Crippen LogP contribution in [0.1, 0.15) is 34.6 Å². The number of aromatic nitrogens is 3. The maximum Gasteiger partial charge on any atom is 0.287 e. The van der Waals surface area contributed by atoms with E-state index in [4.69, 9.17) is 19.1 Å². The molecule has 3 aromatic heterocycles. The molecule has 0 atom stereocenters. The number of hydrogen-bond acceptors (Lipinski definition) is 9. The molecule has 40 heavy (non-hydrogen) atoms. The van der Waals surface area contributed by atoms with E-state index in [1.54, 1.807) is 19.4 Å². The van der Waals surface area contributed by atoms with Gasteiger partial charge in [-0.3, -0.25) is 9.78 Å². The molecule has 1 aliphatic heterocycles. The molecular weight excluding hydrogens is 524 g/mol. The number of rotatable bonds is 11. The Bertz CT molecular complexity index is 1390. The number of thioether (sulfide) groups is 1. The van der Waals surface area contributed by atoms with E-state index < -0.39 is 0 Å². The molecule has 5 rings (SSSR count). The standard InChI is InChI=1S/C30H34N6O3S/c1-3-22-20-28(36-18-16-35(17-19-36)24-7-9-25(38-2)10-8-24)34-30(33-22)40-21-26-11-12-27(39-26)29(37)32-15-13-23-6-4-5-14-31-23/h4-12,14,20H,3,13,15-19,21H2,1-2H3,(H,32,37). The summed E-state index contributed by atoms with van der Waals surface area (Å²) < 4.78 is 11.1. The normalized spacial score (nSPS) is 13.3. The molecule has 1 N–H and O–H groups in total. The molecule has 0 radical (unpaired) electrons. The summed E-state index contributed by atoms with van der Waals surface area (Å²) in [5.41, 5.74) is 3.15. The number of methoxy groups -OCH3 is 1. The minimum absolute atomic E-state index is 0.229. The van der Waals surface area contributed by atoms with Crippen molar-refractivity contribution < 1.29 is 13.9 Å². The Balaban J connectivity index is 1.14. The molecule has 0 aliphatic carbocycles. The fraction of sp³-hybridized carbons (Fsp3) is 0.333. The van der Waals surface area contributed by atoms with E-state index in [0.29, 0.717) is 35.4 Å².